The van der Waals surface area contributed by atoms with Crippen molar-refractivity contribution in [2.24, 2.45) is 0 Å². The molecule has 0 aliphatic heterocycles. The highest BCUT2D eigenvalue weighted by atomic mass is 16.5. The number of nitrogens with zero attached hydrogens (tertiary/aromatic N) is 5. The highest BCUT2D eigenvalue weighted by molar-refractivity contribution is 5.61. The number of hydrogen-bond acceptors (Lipinski definition) is 5. The van der Waals surface area contributed by atoms with Crippen LogP contribution in [0.5, 0.6) is 23.1 Å². The molecule has 208 valence electrons. The van der Waals surface area contributed by atoms with Gasteiger partial charge in [-0.1, -0.05) is 54.5 Å². The van der Waals surface area contributed by atoms with Crippen LogP contribution in [0.25, 0.3) is 11.3 Å². The molecule has 0 aliphatic rings. The SMILES string of the molecule is Cc1cc(C)n(-c2cccc(Oc3cc(Oc4cc(C(C)(C)C)ccn4)c4nc(C(C)C)c(C(C)C)n4c3)c2)n1. The normalized spacial score (nSPS) is 12.1. The summed E-state index contributed by atoms with van der Waals surface area (Å²) in [5.41, 5.74) is 7.06. The Balaban J connectivity index is 1.61. The maximum atomic E-state index is 6.47. The summed E-state index contributed by atoms with van der Waals surface area (Å²) in [7, 11) is 0. The van der Waals surface area contributed by atoms with E-state index in [1.54, 1.807) is 6.20 Å². The summed E-state index contributed by atoms with van der Waals surface area (Å²) in [5, 5.41) is 4.63. The van der Waals surface area contributed by atoms with E-state index in [1.165, 1.54) is 0 Å². The average Bonchev–Trinajstić information content (AvgIpc) is 3.43. The van der Waals surface area contributed by atoms with E-state index >= 15 is 0 Å². The molecule has 0 atom stereocenters. The maximum Gasteiger partial charge on any atom is 0.219 e. The van der Waals surface area contributed by atoms with Crippen LogP contribution >= 0.6 is 0 Å². The zero-order valence-corrected chi connectivity index (χ0v) is 25.0. The first-order chi connectivity index (χ1) is 18.9. The molecule has 0 fully saturated rings. The molecule has 0 spiro atoms. The quantitative estimate of drug-likeness (QED) is 0.208. The third kappa shape index (κ3) is 5.46. The number of benzene rings is 1. The molecule has 0 bridgehead atoms. The molecule has 0 aliphatic carbocycles. The molecule has 0 N–H and O–H groups in total. The Hall–Kier alpha value is -4.13. The lowest BCUT2D eigenvalue weighted by Gasteiger charge is -2.19. The van der Waals surface area contributed by atoms with Crippen molar-refractivity contribution in [3.05, 3.63) is 89.3 Å². The molecule has 0 saturated carbocycles. The summed E-state index contributed by atoms with van der Waals surface area (Å²) in [6.45, 7) is 19.3. The van der Waals surface area contributed by atoms with Crippen molar-refractivity contribution in [2.45, 2.75) is 79.6 Å². The van der Waals surface area contributed by atoms with E-state index in [4.69, 9.17) is 14.5 Å². The fourth-order valence-corrected chi connectivity index (χ4v) is 5.00. The van der Waals surface area contributed by atoms with Crippen LogP contribution in [0, 0.1) is 13.8 Å². The molecule has 0 radical (unpaired) electrons. The Morgan fingerprint density at radius 3 is 2.27 bits per heavy atom. The van der Waals surface area contributed by atoms with E-state index in [0.29, 0.717) is 23.1 Å². The Morgan fingerprint density at radius 2 is 1.62 bits per heavy atom. The molecule has 5 aromatic rings. The molecule has 7 heteroatoms. The number of aryl methyl sites for hydroxylation is 2. The predicted octanol–water partition coefficient (Wildman–Crippen LogP) is 8.66. The van der Waals surface area contributed by atoms with E-state index in [1.807, 2.05) is 67.2 Å². The first-order valence-electron chi connectivity index (χ1n) is 13.9. The first kappa shape index (κ1) is 27.4. The summed E-state index contributed by atoms with van der Waals surface area (Å²) in [6.07, 6.45) is 3.80. The zero-order valence-electron chi connectivity index (χ0n) is 25.0. The van der Waals surface area contributed by atoms with E-state index in [0.717, 1.165) is 39.7 Å². The van der Waals surface area contributed by atoms with Crippen LogP contribution in [0.3, 0.4) is 0 Å². The smallest absolute Gasteiger partial charge is 0.219 e. The first-order valence-corrected chi connectivity index (χ1v) is 13.9. The van der Waals surface area contributed by atoms with Crippen molar-refractivity contribution in [2.75, 3.05) is 0 Å². The number of rotatable bonds is 7. The van der Waals surface area contributed by atoms with Crippen LogP contribution in [-0.2, 0) is 5.41 Å². The van der Waals surface area contributed by atoms with Gasteiger partial charge in [0.25, 0.3) is 0 Å². The summed E-state index contributed by atoms with van der Waals surface area (Å²) in [5.74, 6) is 2.99. The predicted molar refractivity (Wildman–Crippen MR) is 159 cm³/mol. The van der Waals surface area contributed by atoms with E-state index < -0.39 is 0 Å². The van der Waals surface area contributed by atoms with Gasteiger partial charge in [0.15, 0.2) is 11.4 Å². The van der Waals surface area contributed by atoms with Crippen molar-refractivity contribution in [3.8, 4) is 28.8 Å². The molecule has 1 aromatic carbocycles. The number of imidazole rings is 1. The fourth-order valence-electron chi connectivity index (χ4n) is 5.00. The molecular formula is C33H39N5O2. The molecule has 4 heterocycles. The highest BCUT2D eigenvalue weighted by Crippen LogP contribution is 2.37. The lowest BCUT2D eigenvalue weighted by Crippen LogP contribution is -2.11. The van der Waals surface area contributed by atoms with Crippen LogP contribution < -0.4 is 9.47 Å². The summed E-state index contributed by atoms with van der Waals surface area (Å²) < 4.78 is 17.0. The van der Waals surface area contributed by atoms with Gasteiger partial charge in [0.05, 0.1) is 23.3 Å². The highest BCUT2D eigenvalue weighted by Gasteiger charge is 2.23. The molecule has 0 saturated heterocycles. The van der Waals surface area contributed by atoms with Gasteiger partial charge in [0.1, 0.15) is 11.5 Å². The summed E-state index contributed by atoms with van der Waals surface area (Å²) in [6, 6.07) is 15.9. The molecule has 7 nitrogen and oxygen atoms in total. The van der Waals surface area contributed by atoms with Gasteiger partial charge in [-0.05, 0) is 60.9 Å². The second-order valence-corrected chi connectivity index (χ2v) is 12.1. The summed E-state index contributed by atoms with van der Waals surface area (Å²) in [4.78, 5) is 9.57. The number of aromatic nitrogens is 5. The van der Waals surface area contributed by atoms with Crippen LogP contribution in [0.2, 0.25) is 0 Å². The second kappa shape index (κ2) is 10.5. The Labute approximate surface area is 236 Å². The van der Waals surface area contributed by atoms with Crippen LogP contribution in [0.4, 0.5) is 0 Å². The van der Waals surface area contributed by atoms with E-state index in [-0.39, 0.29) is 17.3 Å². The number of fused-ring (bicyclic) bond motifs is 1. The Bertz CT molecular complexity index is 1670. The second-order valence-electron chi connectivity index (χ2n) is 12.1. The fraction of sp³-hybridized carbons (Fsp3) is 0.364. The topological polar surface area (TPSA) is 66.5 Å². The average molecular weight is 538 g/mol. The standard InChI is InChI=1S/C33H39N5O2/c1-20(2)30-31(21(3)4)37-19-27(39-26-12-10-11-25(17-26)38-23(6)15-22(5)36-38)18-28(32(37)35-30)40-29-16-24(13-14-34-29)33(7,8)9/h10-21H,1-9H3. The molecular weight excluding hydrogens is 498 g/mol. The van der Waals surface area contributed by atoms with Gasteiger partial charge in [0, 0.05) is 35.8 Å². The largest absolute Gasteiger partial charge is 0.456 e. The zero-order chi connectivity index (χ0) is 28.8. The van der Waals surface area contributed by atoms with Crippen LogP contribution in [-0.4, -0.2) is 24.1 Å². The van der Waals surface area contributed by atoms with Gasteiger partial charge in [-0.3, -0.25) is 4.40 Å². The van der Waals surface area contributed by atoms with Gasteiger partial charge in [-0.2, -0.15) is 5.10 Å². The summed E-state index contributed by atoms with van der Waals surface area (Å²) >= 11 is 0. The third-order valence-corrected chi connectivity index (χ3v) is 6.94. The van der Waals surface area contributed by atoms with Gasteiger partial charge in [-0.15, -0.1) is 0 Å². The minimum absolute atomic E-state index is 0.0270. The maximum absolute atomic E-state index is 6.47. The Kier molecular flexibility index (Phi) is 7.17. The van der Waals surface area contributed by atoms with Gasteiger partial charge in [-0.25, -0.2) is 14.6 Å². The van der Waals surface area contributed by atoms with Crippen molar-refractivity contribution >= 4 is 5.65 Å². The third-order valence-electron chi connectivity index (χ3n) is 6.94. The molecule has 40 heavy (non-hydrogen) atoms. The minimum atomic E-state index is -0.0270. The van der Waals surface area contributed by atoms with Crippen molar-refractivity contribution in [1.29, 1.82) is 0 Å². The number of hydrogen-bond donors (Lipinski definition) is 0. The number of ether oxygens (including phenoxy) is 2. The van der Waals surface area contributed by atoms with Gasteiger partial charge in [0.2, 0.25) is 5.88 Å². The molecule has 4 aromatic heterocycles. The van der Waals surface area contributed by atoms with Crippen molar-refractivity contribution in [1.82, 2.24) is 24.1 Å². The lowest BCUT2D eigenvalue weighted by molar-refractivity contribution is 0.445. The van der Waals surface area contributed by atoms with Gasteiger partial charge >= 0.3 is 0 Å². The monoisotopic (exact) mass is 537 g/mol. The van der Waals surface area contributed by atoms with Gasteiger partial charge < -0.3 is 9.47 Å². The van der Waals surface area contributed by atoms with Crippen molar-refractivity contribution < 1.29 is 9.47 Å². The van der Waals surface area contributed by atoms with Crippen LogP contribution in [0.1, 0.15) is 88.6 Å². The van der Waals surface area contributed by atoms with E-state index in [9.17, 15) is 0 Å². The lowest BCUT2D eigenvalue weighted by atomic mass is 9.88. The molecule has 0 unspecified atom stereocenters. The minimum Gasteiger partial charge on any atom is -0.456 e. The molecule has 0 amide bonds. The van der Waals surface area contributed by atoms with Crippen LogP contribution in [0.15, 0.2) is 60.9 Å². The Morgan fingerprint density at radius 1 is 0.850 bits per heavy atom. The molecule has 5 rings (SSSR count). The number of pyridine rings is 2. The van der Waals surface area contributed by atoms with Crippen molar-refractivity contribution in [3.63, 3.8) is 0 Å². The van der Waals surface area contributed by atoms with E-state index in [2.05, 4.69) is 69.0 Å².